The lowest BCUT2D eigenvalue weighted by Crippen LogP contribution is -2.34. The Hall–Kier alpha value is 0.172. The maximum absolute atomic E-state index is 6.19. The number of anilines is 1. The number of rotatable bonds is 3. The fourth-order valence-electron chi connectivity index (χ4n) is 1.12. The summed E-state index contributed by atoms with van der Waals surface area (Å²) in [7, 11) is -1.87. The summed E-state index contributed by atoms with van der Waals surface area (Å²) in [6.07, 6.45) is 0. The van der Waals surface area contributed by atoms with Gasteiger partial charge in [-0.1, -0.05) is 18.2 Å². The molecule has 0 amide bonds. The Bertz CT molecular complexity index is 314. The van der Waals surface area contributed by atoms with Gasteiger partial charge < -0.3 is 4.98 Å². The molecule has 0 heterocycles. The molecule has 0 saturated heterocycles. The summed E-state index contributed by atoms with van der Waals surface area (Å²) in [6, 6.07) is 7.66. The molecule has 0 saturated carbocycles. The molecule has 76 valence electrons. The molecule has 0 spiro atoms. The molecule has 0 unspecified atom stereocenters. The van der Waals surface area contributed by atoms with E-state index >= 15 is 0 Å². The maximum Gasteiger partial charge on any atom is 0.384 e. The van der Waals surface area contributed by atoms with Gasteiger partial charge in [-0.05, 0) is 24.6 Å². The highest BCUT2D eigenvalue weighted by Crippen LogP contribution is 2.15. The first-order valence-corrected chi connectivity index (χ1v) is 9.13. The van der Waals surface area contributed by atoms with Crippen LogP contribution in [0.3, 0.4) is 0 Å². The summed E-state index contributed by atoms with van der Waals surface area (Å²) in [5.74, 6) is 0. The summed E-state index contributed by atoms with van der Waals surface area (Å²) in [6.45, 7) is 4.01. The van der Waals surface area contributed by atoms with Crippen molar-refractivity contribution in [2.75, 3.05) is 4.98 Å². The van der Waals surface area contributed by atoms with Crippen molar-refractivity contribution in [2.45, 2.75) is 13.1 Å². The van der Waals surface area contributed by atoms with Crippen molar-refractivity contribution in [3.05, 3.63) is 24.3 Å². The molecule has 1 rings (SSSR count). The van der Waals surface area contributed by atoms with E-state index in [1.54, 1.807) is 0 Å². The van der Waals surface area contributed by atoms with Crippen molar-refractivity contribution >= 4 is 58.2 Å². The summed E-state index contributed by atoms with van der Waals surface area (Å²) in [4.78, 5) is 3.27. The van der Waals surface area contributed by atoms with E-state index in [1.807, 2.05) is 37.4 Å². The molecule has 0 aliphatic carbocycles. The lowest BCUT2D eigenvalue weighted by molar-refractivity contribution is 1.66. The lowest BCUT2D eigenvalue weighted by atomic mass is 9.91. The van der Waals surface area contributed by atoms with Crippen LogP contribution in [0.25, 0.3) is 0 Å². The van der Waals surface area contributed by atoms with Crippen LogP contribution in [0.15, 0.2) is 24.3 Å². The Morgan fingerprint density at radius 3 is 2.29 bits per heavy atom. The van der Waals surface area contributed by atoms with Crippen LogP contribution in [-0.2, 0) is 0 Å². The van der Waals surface area contributed by atoms with Gasteiger partial charge in [-0.3, -0.25) is 0 Å². The van der Waals surface area contributed by atoms with Gasteiger partial charge >= 0.3 is 5.54 Å². The van der Waals surface area contributed by atoms with Gasteiger partial charge in [-0.15, -0.1) is 11.1 Å². The fraction of sp³-hybridized carbons (Fsp3) is 0.250. The molecule has 0 atom stereocenters. The van der Waals surface area contributed by atoms with E-state index in [0.29, 0.717) is 0 Å². The Morgan fingerprint density at radius 1 is 1.21 bits per heavy atom. The van der Waals surface area contributed by atoms with Crippen molar-refractivity contribution in [3.8, 4) is 0 Å². The van der Waals surface area contributed by atoms with E-state index in [4.69, 9.17) is 34.0 Å². The van der Waals surface area contributed by atoms with Crippen molar-refractivity contribution in [2.24, 2.45) is 0 Å². The predicted octanol–water partition coefficient (Wildman–Crippen LogP) is 3.21. The maximum atomic E-state index is 6.19. The monoisotopic (exact) mass is 265 g/mol. The minimum absolute atomic E-state index is 0.522. The zero-order chi connectivity index (χ0) is 10.8. The number of nitrogens with one attached hydrogen (secondary N) is 1. The third kappa shape index (κ3) is 3.73. The van der Waals surface area contributed by atoms with E-state index in [0.717, 1.165) is 11.2 Å². The molecule has 0 aliphatic heterocycles. The van der Waals surface area contributed by atoms with Crippen LogP contribution < -0.4 is 10.4 Å². The van der Waals surface area contributed by atoms with Crippen LogP contribution in [0.4, 0.5) is 5.69 Å². The Balaban J connectivity index is 2.96. The second-order valence-electron chi connectivity index (χ2n) is 3.49. The molecule has 14 heavy (non-hydrogen) atoms. The molecule has 0 aliphatic rings. The SMILES string of the molecule is C[Si](C)(Cl)Nc1ccccc1B(Cl)Cl. The fourth-order valence-corrected chi connectivity index (χ4v) is 2.68. The van der Waals surface area contributed by atoms with Gasteiger partial charge in [0.05, 0.1) is 0 Å². The number of hydrogen-bond donors (Lipinski definition) is 1. The summed E-state index contributed by atoms with van der Waals surface area (Å²) in [5.41, 5.74) is 1.28. The Morgan fingerprint density at radius 2 is 1.79 bits per heavy atom. The number of halogens is 3. The third-order valence-corrected chi connectivity index (χ3v) is 3.25. The van der Waals surface area contributed by atoms with Crippen LogP contribution in [0.2, 0.25) is 13.1 Å². The summed E-state index contributed by atoms with van der Waals surface area (Å²) in [5, 5.41) is 0. The van der Waals surface area contributed by atoms with E-state index in [9.17, 15) is 0 Å². The van der Waals surface area contributed by atoms with Gasteiger partial charge in [-0.2, -0.15) is 22.9 Å². The standard InChI is InChI=1S/C8H11BCl3NSi/c1-14(2,12)13-8-6-4-3-5-7(8)9(10)11/h3-6,13H,1-2H3. The van der Waals surface area contributed by atoms with Gasteiger partial charge in [0.2, 0.25) is 7.55 Å². The van der Waals surface area contributed by atoms with Gasteiger partial charge in [-0.25, -0.2) is 0 Å². The van der Waals surface area contributed by atoms with Crippen LogP contribution >= 0.6 is 34.0 Å². The van der Waals surface area contributed by atoms with Crippen LogP contribution in [0, 0.1) is 0 Å². The van der Waals surface area contributed by atoms with Crippen molar-refractivity contribution in [3.63, 3.8) is 0 Å². The largest absolute Gasteiger partial charge is 0.399 e. The Labute approximate surface area is 100 Å². The van der Waals surface area contributed by atoms with E-state index in [-0.39, 0.29) is 0 Å². The zero-order valence-electron chi connectivity index (χ0n) is 8.02. The molecule has 0 aromatic heterocycles. The second kappa shape index (κ2) is 4.80. The molecule has 0 bridgehead atoms. The zero-order valence-corrected chi connectivity index (χ0v) is 11.3. The van der Waals surface area contributed by atoms with Crippen molar-refractivity contribution in [1.82, 2.24) is 0 Å². The highest BCUT2D eigenvalue weighted by molar-refractivity contribution is 7.40. The van der Waals surface area contributed by atoms with Gasteiger partial charge in [0.25, 0.3) is 0 Å². The van der Waals surface area contributed by atoms with Gasteiger partial charge in [0.15, 0.2) is 0 Å². The first kappa shape index (κ1) is 12.2. The number of hydrogen-bond acceptors (Lipinski definition) is 1. The van der Waals surface area contributed by atoms with E-state index in [2.05, 4.69) is 4.98 Å². The van der Waals surface area contributed by atoms with Crippen molar-refractivity contribution in [1.29, 1.82) is 0 Å². The summed E-state index contributed by atoms with van der Waals surface area (Å²) >= 11 is 17.9. The Kier molecular flexibility index (Phi) is 4.19. The second-order valence-corrected chi connectivity index (χ2v) is 10.6. The molecular weight excluding hydrogens is 255 g/mol. The molecule has 0 radical (unpaired) electrons. The van der Waals surface area contributed by atoms with E-state index in [1.165, 1.54) is 0 Å². The first-order chi connectivity index (χ1) is 6.40. The number of para-hydroxylation sites is 1. The third-order valence-electron chi connectivity index (χ3n) is 1.63. The summed E-state index contributed by atoms with van der Waals surface area (Å²) < 4.78 is 0. The molecule has 1 aromatic carbocycles. The van der Waals surface area contributed by atoms with Crippen LogP contribution in [-0.4, -0.2) is 13.1 Å². The van der Waals surface area contributed by atoms with E-state index < -0.39 is 13.1 Å². The average Bonchev–Trinajstić information content (AvgIpc) is 2.01. The normalized spacial score (nSPS) is 11.2. The molecule has 1 N–H and O–H groups in total. The molecule has 0 fully saturated rings. The highest BCUT2D eigenvalue weighted by Gasteiger charge is 2.21. The molecule has 1 aromatic rings. The quantitative estimate of drug-likeness (QED) is 0.654. The number of benzene rings is 1. The molecular formula is C8H11BCl3NSi. The average molecular weight is 266 g/mol. The van der Waals surface area contributed by atoms with Gasteiger partial charge in [0, 0.05) is 5.69 Å². The molecule has 6 heteroatoms. The van der Waals surface area contributed by atoms with Crippen molar-refractivity contribution < 1.29 is 0 Å². The first-order valence-electron chi connectivity index (χ1n) is 4.24. The minimum atomic E-state index is -1.87. The topological polar surface area (TPSA) is 12.0 Å². The van der Waals surface area contributed by atoms with Crippen LogP contribution in [0.5, 0.6) is 0 Å². The lowest BCUT2D eigenvalue weighted by Gasteiger charge is -2.19. The predicted molar refractivity (Wildman–Crippen MR) is 70.5 cm³/mol. The molecule has 1 nitrogen and oxygen atoms in total. The highest BCUT2D eigenvalue weighted by atomic mass is 35.6. The minimum Gasteiger partial charge on any atom is -0.399 e. The van der Waals surface area contributed by atoms with Crippen LogP contribution in [0.1, 0.15) is 0 Å². The van der Waals surface area contributed by atoms with Gasteiger partial charge in [0.1, 0.15) is 0 Å². The smallest absolute Gasteiger partial charge is 0.384 e.